The lowest BCUT2D eigenvalue weighted by atomic mass is 10.0. The summed E-state index contributed by atoms with van der Waals surface area (Å²) < 4.78 is 18.0. The molecule has 0 heterocycles. The predicted molar refractivity (Wildman–Crippen MR) is 66.8 cm³/mol. The summed E-state index contributed by atoms with van der Waals surface area (Å²) in [5, 5.41) is 0. The molecule has 0 fully saturated rings. The van der Waals surface area contributed by atoms with Crippen molar-refractivity contribution in [2.24, 2.45) is 0 Å². The molecule has 0 aliphatic carbocycles. The number of rotatable bonds is 4. The molecule has 0 saturated heterocycles. The molecule has 2 heteroatoms. The second-order valence-corrected chi connectivity index (χ2v) is 3.94. The molecular weight excluding hydrogens is 215 g/mol. The normalized spacial score (nSPS) is 10.2. The first-order chi connectivity index (χ1) is 8.29. The summed E-state index contributed by atoms with van der Waals surface area (Å²) in [6.45, 7) is 0. The van der Waals surface area contributed by atoms with Gasteiger partial charge in [-0.05, 0) is 42.2 Å². The van der Waals surface area contributed by atoms with Crippen LogP contribution >= 0.6 is 0 Å². The number of hydrogen-bond donors (Lipinski definition) is 0. The van der Waals surface area contributed by atoms with Crippen LogP contribution in [0.4, 0.5) is 4.39 Å². The summed E-state index contributed by atoms with van der Waals surface area (Å²) in [6.07, 6.45) is 1.79. The van der Waals surface area contributed by atoms with Crippen molar-refractivity contribution in [1.29, 1.82) is 0 Å². The highest BCUT2D eigenvalue weighted by Gasteiger charge is 2.02. The van der Waals surface area contributed by atoms with Gasteiger partial charge in [-0.1, -0.05) is 30.3 Å². The Bertz CT molecular complexity index is 477. The van der Waals surface area contributed by atoms with Gasteiger partial charge in [0.05, 0.1) is 7.11 Å². The van der Waals surface area contributed by atoms with Crippen molar-refractivity contribution in [3.63, 3.8) is 0 Å². The van der Waals surface area contributed by atoms with E-state index >= 15 is 0 Å². The first kappa shape index (κ1) is 11.6. The summed E-state index contributed by atoms with van der Waals surface area (Å²) in [7, 11) is 1.68. The first-order valence-electron chi connectivity index (χ1n) is 5.66. The van der Waals surface area contributed by atoms with Crippen LogP contribution in [0.2, 0.25) is 0 Å². The van der Waals surface area contributed by atoms with E-state index in [0.717, 1.165) is 24.2 Å². The van der Waals surface area contributed by atoms with Gasteiger partial charge in [0, 0.05) is 0 Å². The zero-order valence-corrected chi connectivity index (χ0v) is 9.82. The van der Waals surface area contributed by atoms with Crippen LogP contribution in [0.3, 0.4) is 0 Å². The standard InChI is InChI=1S/C15H15FO/c1-17-15-5-3-2-4-13(15)9-6-12-7-10-14(16)11-8-12/h2-5,7-8,10-11H,6,9H2,1H3. The molecule has 0 atom stereocenters. The van der Waals surface area contributed by atoms with Gasteiger partial charge in [-0.15, -0.1) is 0 Å². The van der Waals surface area contributed by atoms with Crippen LogP contribution in [0.1, 0.15) is 11.1 Å². The van der Waals surface area contributed by atoms with E-state index in [0.29, 0.717) is 0 Å². The van der Waals surface area contributed by atoms with Crippen molar-refractivity contribution in [2.75, 3.05) is 7.11 Å². The number of methoxy groups -OCH3 is 1. The van der Waals surface area contributed by atoms with Gasteiger partial charge in [0.25, 0.3) is 0 Å². The maximum absolute atomic E-state index is 12.7. The van der Waals surface area contributed by atoms with Gasteiger partial charge in [0.15, 0.2) is 0 Å². The summed E-state index contributed by atoms with van der Waals surface area (Å²) >= 11 is 0. The molecule has 0 N–H and O–H groups in total. The van der Waals surface area contributed by atoms with Crippen LogP contribution in [0.25, 0.3) is 0 Å². The van der Waals surface area contributed by atoms with Gasteiger partial charge in [0.1, 0.15) is 11.6 Å². The smallest absolute Gasteiger partial charge is 0.123 e. The maximum Gasteiger partial charge on any atom is 0.123 e. The molecule has 88 valence electrons. The third-order valence-corrected chi connectivity index (χ3v) is 2.79. The monoisotopic (exact) mass is 230 g/mol. The van der Waals surface area contributed by atoms with E-state index in [-0.39, 0.29) is 5.82 Å². The van der Waals surface area contributed by atoms with Crippen LogP contribution in [0.15, 0.2) is 48.5 Å². The lowest BCUT2D eigenvalue weighted by molar-refractivity contribution is 0.409. The molecule has 0 aliphatic heterocycles. The molecule has 0 aliphatic rings. The minimum absolute atomic E-state index is 0.189. The number of para-hydroxylation sites is 1. The molecule has 1 nitrogen and oxygen atoms in total. The van der Waals surface area contributed by atoms with Gasteiger partial charge in [-0.2, -0.15) is 0 Å². The van der Waals surface area contributed by atoms with E-state index in [1.807, 2.05) is 30.3 Å². The molecule has 17 heavy (non-hydrogen) atoms. The zero-order chi connectivity index (χ0) is 12.1. The van der Waals surface area contributed by atoms with E-state index in [2.05, 4.69) is 6.07 Å². The fraction of sp³-hybridized carbons (Fsp3) is 0.200. The van der Waals surface area contributed by atoms with Crippen molar-refractivity contribution >= 4 is 0 Å². The van der Waals surface area contributed by atoms with E-state index < -0.39 is 0 Å². The van der Waals surface area contributed by atoms with Gasteiger partial charge < -0.3 is 4.74 Å². The second-order valence-electron chi connectivity index (χ2n) is 3.94. The van der Waals surface area contributed by atoms with E-state index in [1.54, 1.807) is 7.11 Å². The second kappa shape index (κ2) is 5.48. The topological polar surface area (TPSA) is 9.23 Å². The van der Waals surface area contributed by atoms with Crippen LogP contribution in [-0.2, 0) is 12.8 Å². The van der Waals surface area contributed by atoms with Crippen molar-refractivity contribution in [3.8, 4) is 5.75 Å². The molecular formula is C15H15FO. The average Bonchev–Trinajstić information content (AvgIpc) is 2.38. The minimum Gasteiger partial charge on any atom is -0.496 e. The van der Waals surface area contributed by atoms with Crippen molar-refractivity contribution in [3.05, 3.63) is 65.5 Å². The largest absolute Gasteiger partial charge is 0.496 e. The van der Waals surface area contributed by atoms with Crippen LogP contribution in [0, 0.1) is 5.82 Å². The summed E-state index contributed by atoms with van der Waals surface area (Å²) in [4.78, 5) is 0. The Kier molecular flexibility index (Phi) is 3.76. The van der Waals surface area contributed by atoms with E-state index in [4.69, 9.17) is 4.74 Å². The van der Waals surface area contributed by atoms with Crippen molar-refractivity contribution < 1.29 is 9.13 Å². The zero-order valence-electron chi connectivity index (χ0n) is 9.82. The Morgan fingerprint density at radius 1 is 0.941 bits per heavy atom. The first-order valence-corrected chi connectivity index (χ1v) is 5.66. The molecule has 0 bridgehead atoms. The average molecular weight is 230 g/mol. The molecule has 2 aromatic rings. The quantitative estimate of drug-likeness (QED) is 0.779. The Hall–Kier alpha value is -1.83. The van der Waals surface area contributed by atoms with Crippen molar-refractivity contribution in [1.82, 2.24) is 0 Å². The Labute approximate surface area is 101 Å². The number of hydrogen-bond acceptors (Lipinski definition) is 1. The molecule has 2 aromatic carbocycles. The Morgan fingerprint density at radius 3 is 2.35 bits per heavy atom. The number of aryl methyl sites for hydroxylation is 2. The fourth-order valence-corrected chi connectivity index (χ4v) is 1.84. The molecule has 0 spiro atoms. The van der Waals surface area contributed by atoms with Crippen molar-refractivity contribution in [2.45, 2.75) is 12.8 Å². The Morgan fingerprint density at radius 2 is 1.65 bits per heavy atom. The highest BCUT2D eigenvalue weighted by atomic mass is 19.1. The summed E-state index contributed by atoms with van der Waals surface area (Å²) in [5.41, 5.74) is 2.32. The summed E-state index contributed by atoms with van der Waals surface area (Å²) in [5.74, 6) is 0.723. The third-order valence-electron chi connectivity index (χ3n) is 2.79. The van der Waals surface area contributed by atoms with E-state index in [1.165, 1.54) is 17.7 Å². The minimum atomic E-state index is -0.189. The third kappa shape index (κ3) is 3.06. The van der Waals surface area contributed by atoms with Crippen LogP contribution in [0.5, 0.6) is 5.75 Å². The molecule has 0 saturated carbocycles. The van der Waals surface area contributed by atoms with Crippen LogP contribution < -0.4 is 4.74 Å². The van der Waals surface area contributed by atoms with Gasteiger partial charge in [0.2, 0.25) is 0 Å². The maximum atomic E-state index is 12.7. The predicted octanol–water partition coefficient (Wildman–Crippen LogP) is 3.62. The Balaban J connectivity index is 2.04. The van der Waals surface area contributed by atoms with Gasteiger partial charge in [-0.3, -0.25) is 0 Å². The molecule has 0 aromatic heterocycles. The number of halogens is 1. The van der Waals surface area contributed by atoms with Gasteiger partial charge >= 0.3 is 0 Å². The molecule has 0 radical (unpaired) electrons. The molecule has 0 amide bonds. The SMILES string of the molecule is COc1ccccc1CCc1ccc(F)cc1. The van der Waals surface area contributed by atoms with Crippen LogP contribution in [-0.4, -0.2) is 7.11 Å². The lowest BCUT2D eigenvalue weighted by Crippen LogP contribution is -1.95. The summed E-state index contributed by atoms with van der Waals surface area (Å²) in [6, 6.07) is 14.6. The highest BCUT2D eigenvalue weighted by Crippen LogP contribution is 2.19. The van der Waals surface area contributed by atoms with Gasteiger partial charge in [-0.25, -0.2) is 4.39 Å². The fourth-order valence-electron chi connectivity index (χ4n) is 1.84. The molecule has 0 unspecified atom stereocenters. The number of ether oxygens (including phenoxy) is 1. The highest BCUT2D eigenvalue weighted by molar-refractivity contribution is 5.34. The van der Waals surface area contributed by atoms with E-state index in [9.17, 15) is 4.39 Å². The number of benzene rings is 2. The molecule has 2 rings (SSSR count). The lowest BCUT2D eigenvalue weighted by Gasteiger charge is -2.07.